The van der Waals surface area contributed by atoms with Gasteiger partial charge in [0.15, 0.2) is 0 Å². The maximum Gasteiger partial charge on any atom is 0.00106 e. The Morgan fingerprint density at radius 3 is 2.54 bits per heavy atom. The standard InChI is InChI=1S/C23H37N/c1-16(2)18-8-10-20-19(14-18)9-11-21-22(5,15-24-17(3)4)12-7-13-23(20,21)6/h8,10,14,16-17,21,24H,7,9,11-13,15H2,1-6H3/t21-,22+,23-/m1/s1. The molecule has 2 aliphatic rings. The maximum atomic E-state index is 3.75. The van der Waals surface area contributed by atoms with Crippen LogP contribution in [0, 0.1) is 11.3 Å². The number of aryl methyl sites for hydroxylation is 1. The van der Waals surface area contributed by atoms with E-state index >= 15 is 0 Å². The van der Waals surface area contributed by atoms with Crippen LogP contribution in [0.15, 0.2) is 18.2 Å². The van der Waals surface area contributed by atoms with Gasteiger partial charge in [-0.1, -0.05) is 66.2 Å². The van der Waals surface area contributed by atoms with E-state index in [1.165, 1.54) is 44.2 Å². The molecule has 0 saturated heterocycles. The predicted octanol–water partition coefficient (Wildman–Crippen LogP) is 5.82. The zero-order valence-electron chi connectivity index (χ0n) is 16.7. The number of hydrogen-bond acceptors (Lipinski definition) is 1. The molecule has 1 saturated carbocycles. The Labute approximate surface area is 149 Å². The molecule has 1 nitrogen and oxygen atoms in total. The van der Waals surface area contributed by atoms with Gasteiger partial charge in [-0.25, -0.2) is 0 Å². The summed E-state index contributed by atoms with van der Waals surface area (Å²) in [5.74, 6) is 1.44. The van der Waals surface area contributed by atoms with Crippen molar-refractivity contribution in [2.75, 3.05) is 6.54 Å². The minimum atomic E-state index is 0.370. The lowest BCUT2D eigenvalue weighted by molar-refractivity contribution is 0.0246. The average molecular weight is 328 g/mol. The van der Waals surface area contributed by atoms with Gasteiger partial charge in [0.1, 0.15) is 0 Å². The minimum absolute atomic E-state index is 0.370. The topological polar surface area (TPSA) is 12.0 Å². The molecule has 0 bridgehead atoms. The van der Waals surface area contributed by atoms with Crippen LogP contribution in [0.3, 0.4) is 0 Å². The molecule has 24 heavy (non-hydrogen) atoms. The third-order valence-corrected chi connectivity index (χ3v) is 7.08. The molecule has 3 rings (SSSR count). The zero-order chi connectivity index (χ0) is 17.5. The van der Waals surface area contributed by atoms with E-state index in [1.54, 1.807) is 11.1 Å². The molecule has 1 heteroatoms. The van der Waals surface area contributed by atoms with Crippen LogP contribution in [-0.2, 0) is 11.8 Å². The highest BCUT2D eigenvalue weighted by atomic mass is 14.9. The molecule has 0 aromatic heterocycles. The van der Waals surface area contributed by atoms with Crippen LogP contribution >= 0.6 is 0 Å². The highest BCUT2D eigenvalue weighted by Gasteiger charge is 2.51. The van der Waals surface area contributed by atoms with Gasteiger partial charge in [-0.3, -0.25) is 0 Å². The lowest BCUT2D eigenvalue weighted by atomic mass is 9.49. The van der Waals surface area contributed by atoms with Crippen molar-refractivity contribution in [1.29, 1.82) is 0 Å². The van der Waals surface area contributed by atoms with Gasteiger partial charge in [-0.15, -0.1) is 0 Å². The molecule has 0 radical (unpaired) electrons. The van der Waals surface area contributed by atoms with Gasteiger partial charge in [0.05, 0.1) is 0 Å². The second-order valence-electron chi connectivity index (χ2n) is 9.62. The van der Waals surface area contributed by atoms with E-state index in [1.807, 2.05) is 0 Å². The van der Waals surface area contributed by atoms with Gasteiger partial charge in [-0.05, 0) is 65.0 Å². The summed E-state index contributed by atoms with van der Waals surface area (Å²) < 4.78 is 0. The molecule has 1 aromatic rings. The lowest BCUT2D eigenvalue weighted by Crippen LogP contribution is -2.53. The first-order valence-electron chi connectivity index (χ1n) is 10.1. The second kappa shape index (κ2) is 6.48. The summed E-state index contributed by atoms with van der Waals surface area (Å²) in [6.45, 7) is 15.5. The summed E-state index contributed by atoms with van der Waals surface area (Å²) in [6, 6.07) is 7.98. The molecule has 1 N–H and O–H groups in total. The molecule has 0 unspecified atom stereocenters. The molecule has 0 amide bonds. The number of hydrogen-bond donors (Lipinski definition) is 1. The van der Waals surface area contributed by atoms with Crippen LogP contribution in [0.4, 0.5) is 0 Å². The van der Waals surface area contributed by atoms with Crippen LogP contribution in [0.2, 0.25) is 0 Å². The normalized spacial score (nSPS) is 32.8. The fraction of sp³-hybridized carbons (Fsp3) is 0.739. The fourth-order valence-corrected chi connectivity index (χ4v) is 5.65. The Kier molecular flexibility index (Phi) is 4.86. The number of fused-ring (bicyclic) bond motifs is 3. The van der Waals surface area contributed by atoms with Gasteiger partial charge >= 0.3 is 0 Å². The molecular weight excluding hydrogens is 290 g/mol. The highest BCUT2D eigenvalue weighted by molar-refractivity contribution is 5.42. The van der Waals surface area contributed by atoms with Crippen molar-refractivity contribution in [3.8, 4) is 0 Å². The first-order chi connectivity index (χ1) is 11.3. The molecule has 0 aliphatic heterocycles. The summed E-state index contributed by atoms with van der Waals surface area (Å²) in [6.07, 6.45) is 6.75. The van der Waals surface area contributed by atoms with Gasteiger partial charge < -0.3 is 5.32 Å². The predicted molar refractivity (Wildman–Crippen MR) is 105 cm³/mol. The maximum absolute atomic E-state index is 3.75. The van der Waals surface area contributed by atoms with Gasteiger partial charge in [0, 0.05) is 12.6 Å². The summed E-state index contributed by atoms with van der Waals surface area (Å²) in [4.78, 5) is 0. The number of rotatable bonds is 4. The minimum Gasteiger partial charge on any atom is -0.314 e. The van der Waals surface area contributed by atoms with Crippen molar-refractivity contribution in [2.45, 2.75) is 91.0 Å². The van der Waals surface area contributed by atoms with Crippen LogP contribution in [0.25, 0.3) is 0 Å². The van der Waals surface area contributed by atoms with Crippen LogP contribution in [0.5, 0.6) is 0 Å². The van der Waals surface area contributed by atoms with E-state index in [9.17, 15) is 0 Å². The number of nitrogens with one attached hydrogen (secondary N) is 1. The Bertz CT molecular complexity index is 588. The Balaban J connectivity index is 1.94. The highest BCUT2D eigenvalue weighted by Crippen LogP contribution is 2.57. The summed E-state index contributed by atoms with van der Waals surface area (Å²) in [5.41, 5.74) is 5.62. The van der Waals surface area contributed by atoms with Crippen molar-refractivity contribution < 1.29 is 0 Å². The molecule has 0 heterocycles. The van der Waals surface area contributed by atoms with Crippen LogP contribution in [-0.4, -0.2) is 12.6 Å². The quantitative estimate of drug-likeness (QED) is 0.735. The summed E-state index contributed by atoms with van der Waals surface area (Å²) >= 11 is 0. The fourth-order valence-electron chi connectivity index (χ4n) is 5.65. The lowest BCUT2D eigenvalue weighted by Gasteiger charge is -2.56. The monoisotopic (exact) mass is 327 g/mol. The zero-order valence-corrected chi connectivity index (χ0v) is 16.7. The van der Waals surface area contributed by atoms with Crippen molar-refractivity contribution >= 4 is 0 Å². The summed E-state index contributed by atoms with van der Waals surface area (Å²) in [5, 5.41) is 3.75. The van der Waals surface area contributed by atoms with Crippen LogP contribution < -0.4 is 5.32 Å². The van der Waals surface area contributed by atoms with Crippen molar-refractivity contribution in [3.05, 3.63) is 34.9 Å². The average Bonchev–Trinajstić information content (AvgIpc) is 2.52. The third kappa shape index (κ3) is 3.05. The van der Waals surface area contributed by atoms with Crippen molar-refractivity contribution in [2.24, 2.45) is 11.3 Å². The molecule has 1 fully saturated rings. The Morgan fingerprint density at radius 2 is 1.88 bits per heavy atom. The van der Waals surface area contributed by atoms with E-state index in [2.05, 4.69) is 65.1 Å². The molecule has 134 valence electrons. The number of benzene rings is 1. The Hall–Kier alpha value is -0.820. The van der Waals surface area contributed by atoms with E-state index in [0.717, 1.165) is 5.92 Å². The van der Waals surface area contributed by atoms with Crippen LogP contribution in [0.1, 0.15) is 89.8 Å². The van der Waals surface area contributed by atoms with Gasteiger partial charge in [-0.2, -0.15) is 0 Å². The first kappa shape index (κ1) is 18.0. The summed E-state index contributed by atoms with van der Waals surface area (Å²) in [7, 11) is 0. The smallest absolute Gasteiger partial charge is 0.00106 e. The Morgan fingerprint density at radius 1 is 1.12 bits per heavy atom. The SMILES string of the molecule is CC(C)NC[C@]1(C)CCC[C@]2(C)c3ccc(C(C)C)cc3CC[C@H]12. The van der Waals surface area contributed by atoms with Gasteiger partial charge in [0.25, 0.3) is 0 Å². The largest absolute Gasteiger partial charge is 0.314 e. The second-order valence-corrected chi connectivity index (χ2v) is 9.62. The molecule has 2 aliphatic carbocycles. The van der Waals surface area contributed by atoms with E-state index in [0.29, 0.717) is 22.8 Å². The van der Waals surface area contributed by atoms with Crippen molar-refractivity contribution in [1.82, 2.24) is 5.32 Å². The third-order valence-electron chi connectivity index (χ3n) is 7.08. The van der Waals surface area contributed by atoms with Gasteiger partial charge in [0.2, 0.25) is 0 Å². The van der Waals surface area contributed by atoms with E-state index < -0.39 is 0 Å². The molecule has 1 aromatic carbocycles. The molecule has 0 spiro atoms. The molecule has 3 atom stereocenters. The first-order valence-corrected chi connectivity index (χ1v) is 10.1. The van der Waals surface area contributed by atoms with E-state index in [4.69, 9.17) is 0 Å². The molecular formula is C23H37N. The van der Waals surface area contributed by atoms with E-state index in [-0.39, 0.29) is 0 Å². The van der Waals surface area contributed by atoms with Crippen molar-refractivity contribution in [3.63, 3.8) is 0 Å².